The van der Waals surface area contributed by atoms with E-state index in [2.05, 4.69) is 0 Å². The Morgan fingerprint density at radius 3 is 2.94 bits per heavy atom. The first-order valence-corrected chi connectivity index (χ1v) is 5.98. The zero-order chi connectivity index (χ0) is 11.5. The van der Waals surface area contributed by atoms with E-state index < -0.39 is 0 Å². The molecule has 3 nitrogen and oxygen atoms in total. The van der Waals surface area contributed by atoms with Gasteiger partial charge in [-0.25, -0.2) is 0 Å². The van der Waals surface area contributed by atoms with Crippen molar-refractivity contribution in [2.45, 2.75) is 19.4 Å². The first kappa shape index (κ1) is 11.4. The first-order valence-electron chi connectivity index (χ1n) is 5.44. The number of alkyl halides is 1. The minimum atomic E-state index is 0.161. The molecule has 1 aromatic carbocycles. The topological polar surface area (TPSA) is 46.3 Å². The molecule has 0 fully saturated rings. The molecule has 0 bridgehead atoms. The van der Waals surface area contributed by atoms with E-state index in [1.54, 1.807) is 0 Å². The van der Waals surface area contributed by atoms with Crippen molar-refractivity contribution in [1.29, 1.82) is 0 Å². The Kier molecular flexibility index (Phi) is 3.46. The summed E-state index contributed by atoms with van der Waals surface area (Å²) in [6.45, 7) is 1.22. The summed E-state index contributed by atoms with van der Waals surface area (Å²) in [6, 6.07) is 5.98. The number of benzene rings is 1. The lowest BCUT2D eigenvalue weighted by Crippen LogP contribution is -2.27. The number of halogens is 1. The molecule has 86 valence electrons. The predicted molar refractivity (Wildman–Crippen MR) is 65.7 cm³/mol. The molecule has 0 aromatic heterocycles. The van der Waals surface area contributed by atoms with Crippen molar-refractivity contribution in [1.82, 2.24) is 0 Å². The van der Waals surface area contributed by atoms with Crippen LogP contribution in [0.1, 0.15) is 17.5 Å². The van der Waals surface area contributed by atoms with E-state index >= 15 is 0 Å². The van der Waals surface area contributed by atoms with Crippen LogP contribution < -0.4 is 10.6 Å². The highest BCUT2D eigenvalue weighted by Gasteiger charge is 2.26. The third-order valence-corrected chi connectivity index (χ3v) is 3.10. The second-order valence-electron chi connectivity index (χ2n) is 3.93. The molecule has 2 N–H and O–H groups in total. The van der Waals surface area contributed by atoms with Crippen LogP contribution in [0.2, 0.25) is 0 Å². The lowest BCUT2D eigenvalue weighted by atomic mass is 10.1. The fourth-order valence-corrected chi connectivity index (χ4v) is 2.15. The minimum Gasteiger partial charge on any atom is -0.326 e. The number of anilines is 1. The van der Waals surface area contributed by atoms with E-state index in [1.807, 2.05) is 23.1 Å². The van der Waals surface area contributed by atoms with Gasteiger partial charge in [0.1, 0.15) is 0 Å². The standard InChI is InChI=1S/C12H15ClN2O/c13-4-1-5-15-11-3-2-9(8-14)6-10(11)7-12(15)16/h2-3,6H,1,4-5,7-8,14H2. The Labute approximate surface area is 100 Å². The molecule has 16 heavy (non-hydrogen) atoms. The molecule has 2 rings (SSSR count). The summed E-state index contributed by atoms with van der Waals surface area (Å²) >= 11 is 5.65. The number of nitrogens with zero attached hydrogens (tertiary/aromatic N) is 1. The first-order chi connectivity index (χ1) is 7.76. The van der Waals surface area contributed by atoms with Crippen molar-refractivity contribution in [3.8, 4) is 0 Å². The highest BCUT2D eigenvalue weighted by atomic mass is 35.5. The number of hydrogen-bond acceptors (Lipinski definition) is 2. The zero-order valence-corrected chi connectivity index (χ0v) is 9.83. The monoisotopic (exact) mass is 238 g/mol. The van der Waals surface area contributed by atoms with E-state index in [4.69, 9.17) is 17.3 Å². The molecule has 1 aromatic rings. The maximum Gasteiger partial charge on any atom is 0.231 e. The van der Waals surface area contributed by atoms with Crippen LogP contribution in [-0.4, -0.2) is 18.3 Å². The fourth-order valence-electron chi connectivity index (χ4n) is 2.03. The molecular weight excluding hydrogens is 224 g/mol. The Morgan fingerprint density at radius 2 is 2.25 bits per heavy atom. The van der Waals surface area contributed by atoms with Gasteiger partial charge in [-0.1, -0.05) is 12.1 Å². The van der Waals surface area contributed by atoms with Crippen LogP contribution >= 0.6 is 11.6 Å². The zero-order valence-electron chi connectivity index (χ0n) is 9.08. The summed E-state index contributed by atoms with van der Waals surface area (Å²) in [5.74, 6) is 0.745. The highest BCUT2D eigenvalue weighted by Crippen LogP contribution is 2.29. The van der Waals surface area contributed by atoms with Gasteiger partial charge in [0, 0.05) is 24.7 Å². The molecule has 1 aliphatic rings. The van der Waals surface area contributed by atoms with Gasteiger partial charge in [0.25, 0.3) is 0 Å². The molecule has 0 radical (unpaired) electrons. The molecule has 1 aliphatic heterocycles. The van der Waals surface area contributed by atoms with Crippen LogP contribution in [0.25, 0.3) is 0 Å². The van der Waals surface area contributed by atoms with Gasteiger partial charge in [0.05, 0.1) is 6.42 Å². The summed E-state index contributed by atoms with van der Waals surface area (Å²) in [7, 11) is 0. The van der Waals surface area contributed by atoms with E-state index in [-0.39, 0.29) is 5.91 Å². The van der Waals surface area contributed by atoms with Gasteiger partial charge in [-0.2, -0.15) is 0 Å². The molecule has 0 atom stereocenters. The van der Waals surface area contributed by atoms with Crippen molar-refractivity contribution in [3.05, 3.63) is 29.3 Å². The summed E-state index contributed by atoms with van der Waals surface area (Å²) in [4.78, 5) is 13.6. The van der Waals surface area contributed by atoms with E-state index in [1.165, 1.54) is 0 Å². The largest absolute Gasteiger partial charge is 0.326 e. The molecule has 4 heteroatoms. The van der Waals surface area contributed by atoms with Gasteiger partial charge in [-0.15, -0.1) is 11.6 Å². The highest BCUT2D eigenvalue weighted by molar-refractivity contribution is 6.17. The average Bonchev–Trinajstić information content (AvgIpc) is 2.61. The number of amides is 1. The van der Waals surface area contributed by atoms with Gasteiger partial charge < -0.3 is 10.6 Å². The minimum absolute atomic E-state index is 0.161. The maximum atomic E-state index is 11.8. The molecule has 0 saturated heterocycles. The second-order valence-corrected chi connectivity index (χ2v) is 4.31. The normalized spacial score (nSPS) is 14.4. The number of carbonyl (C=O) groups is 1. The third kappa shape index (κ3) is 2.06. The lowest BCUT2D eigenvalue weighted by molar-refractivity contribution is -0.117. The third-order valence-electron chi connectivity index (χ3n) is 2.83. The van der Waals surface area contributed by atoms with Crippen LogP contribution in [0.4, 0.5) is 5.69 Å². The summed E-state index contributed by atoms with van der Waals surface area (Å²) < 4.78 is 0. The average molecular weight is 239 g/mol. The van der Waals surface area contributed by atoms with Gasteiger partial charge in [0.15, 0.2) is 0 Å². The summed E-state index contributed by atoms with van der Waals surface area (Å²) in [6.07, 6.45) is 1.32. The number of nitrogens with two attached hydrogens (primary N) is 1. The smallest absolute Gasteiger partial charge is 0.231 e. The van der Waals surface area contributed by atoms with Crippen LogP contribution in [-0.2, 0) is 17.8 Å². The maximum absolute atomic E-state index is 11.8. The summed E-state index contributed by atoms with van der Waals surface area (Å²) in [5, 5.41) is 0. The van der Waals surface area contributed by atoms with Crippen LogP contribution in [0.5, 0.6) is 0 Å². The van der Waals surface area contributed by atoms with Crippen molar-refractivity contribution in [2.24, 2.45) is 5.73 Å². The fraction of sp³-hybridized carbons (Fsp3) is 0.417. The van der Waals surface area contributed by atoms with Gasteiger partial charge in [0.2, 0.25) is 5.91 Å². The Balaban J connectivity index is 2.24. The molecule has 0 saturated carbocycles. The van der Waals surface area contributed by atoms with E-state index in [0.29, 0.717) is 25.4 Å². The summed E-state index contributed by atoms with van der Waals surface area (Å²) in [5.41, 5.74) is 8.76. The quantitative estimate of drug-likeness (QED) is 0.811. The molecule has 1 amide bonds. The molecule has 0 aliphatic carbocycles. The van der Waals surface area contributed by atoms with Crippen LogP contribution in [0.3, 0.4) is 0 Å². The Bertz CT molecular complexity index is 406. The molecular formula is C12H15ClN2O. The second kappa shape index (κ2) is 4.85. The number of fused-ring (bicyclic) bond motifs is 1. The van der Waals surface area contributed by atoms with Crippen molar-refractivity contribution >= 4 is 23.2 Å². The molecule has 0 unspecified atom stereocenters. The molecule has 1 heterocycles. The van der Waals surface area contributed by atoms with Crippen molar-refractivity contribution < 1.29 is 4.79 Å². The van der Waals surface area contributed by atoms with E-state index in [0.717, 1.165) is 23.2 Å². The van der Waals surface area contributed by atoms with Crippen molar-refractivity contribution in [3.63, 3.8) is 0 Å². The lowest BCUT2D eigenvalue weighted by Gasteiger charge is -2.16. The van der Waals surface area contributed by atoms with Crippen LogP contribution in [0, 0.1) is 0 Å². The van der Waals surface area contributed by atoms with Gasteiger partial charge >= 0.3 is 0 Å². The SMILES string of the molecule is NCc1ccc2c(c1)CC(=O)N2CCCCl. The Morgan fingerprint density at radius 1 is 1.44 bits per heavy atom. The van der Waals surface area contributed by atoms with Crippen LogP contribution in [0.15, 0.2) is 18.2 Å². The Hall–Kier alpha value is -1.06. The van der Waals surface area contributed by atoms with Gasteiger partial charge in [-0.05, 0) is 23.6 Å². The predicted octanol–water partition coefficient (Wildman–Crippen LogP) is 1.66. The number of rotatable bonds is 4. The van der Waals surface area contributed by atoms with Gasteiger partial charge in [-0.3, -0.25) is 4.79 Å². The van der Waals surface area contributed by atoms with Crippen molar-refractivity contribution in [2.75, 3.05) is 17.3 Å². The number of carbonyl (C=O) groups excluding carboxylic acids is 1. The molecule has 0 spiro atoms. The number of hydrogen-bond donors (Lipinski definition) is 1. The van der Waals surface area contributed by atoms with E-state index in [9.17, 15) is 4.79 Å².